The molecule has 0 aliphatic heterocycles. The summed E-state index contributed by atoms with van der Waals surface area (Å²) in [5.41, 5.74) is 5.66. The highest BCUT2D eigenvalue weighted by Gasteiger charge is 2.59. The lowest BCUT2D eigenvalue weighted by Crippen LogP contribution is -2.57. The Morgan fingerprint density at radius 2 is 1.88 bits per heavy atom. The number of carboxylic acids is 1. The van der Waals surface area contributed by atoms with Crippen molar-refractivity contribution in [3.63, 3.8) is 0 Å². The van der Waals surface area contributed by atoms with Gasteiger partial charge in [0.05, 0.1) is 12.5 Å². The largest absolute Gasteiger partial charge is 0.481 e. The summed E-state index contributed by atoms with van der Waals surface area (Å²) in [5.74, 6) is -1.41. The number of rotatable bonds is 6. The van der Waals surface area contributed by atoms with E-state index in [2.05, 4.69) is 31.4 Å². The van der Waals surface area contributed by atoms with Crippen LogP contribution in [0.1, 0.15) is 53.4 Å². The van der Waals surface area contributed by atoms with Gasteiger partial charge in [0.1, 0.15) is 6.04 Å². The van der Waals surface area contributed by atoms with E-state index in [-0.39, 0.29) is 22.8 Å². The van der Waals surface area contributed by atoms with E-state index in [0.717, 1.165) is 12.8 Å². The molecule has 3 unspecified atom stereocenters. The lowest BCUT2D eigenvalue weighted by atomic mass is 9.68. The summed E-state index contributed by atoms with van der Waals surface area (Å²) in [7, 11) is 0. The van der Waals surface area contributed by atoms with E-state index in [1.165, 1.54) is 6.42 Å². The number of hydrogen-bond acceptors (Lipinski definition) is 4. The molecule has 2 saturated carbocycles. The Balaban J connectivity index is 1.95. The summed E-state index contributed by atoms with van der Waals surface area (Å²) in [4.78, 5) is 35.0. The van der Waals surface area contributed by atoms with Crippen LogP contribution in [0.2, 0.25) is 0 Å². The summed E-state index contributed by atoms with van der Waals surface area (Å²) in [6.07, 6.45) is 2.97. The van der Waals surface area contributed by atoms with Crippen LogP contribution in [0, 0.1) is 16.7 Å². The van der Waals surface area contributed by atoms with Crippen LogP contribution in [0.5, 0.6) is 0 Å². The first-order valence-electron chi connectivity index (χ1n) is 8.55. The van der Waals surface area contributed by atoms with Crippen LogP contribution >= 0.6 is 0 Å². The highest BCUT2D eigenvalue weighted by molar-refractivity contribution is 5.91. The second kappa shape index (κ2) is 6.35. The first-order chi connectivity index (χ1) is 11.0. The molecule has 2 bridgehead atoms. The van der Waals surface area contributed by atoms with Crippen molar-refractivity contribution >= 4 is 17.8 Å². The molecule has 2 rings (SSSR count). The normalized spacial score (nSPS) is 32.9. The maximum atomic E-state index is 12.5. The number of carbonyl (C=O) groups excluding carboxylic acids is 2. The molecule has 0 spiro atoms. The van der Waals surface area contributed by atoms with E-state index in [1.807, 2.05) is 0 Å². The first kappa shape index (κ1) is 18.7. The van der Waals surface area contributed by atoms with Gasteiger partial charge in [0.2, 0.25) is 11.8 Å². The zero-order valence-corrected chi connectivity index (χ0v) is 14.9. The molecule has 7 heteroatoms. The van der Waals surface area contributed by atoms with Gasteiger partial charge in [-0.25, -0.2) is 0 Å². The molecule has 136 valence electrons. The van der Waals surface area contributed by atoms with Gasteiger partial charge in [-0.05, 0) is 42.9 Å². The summed E-state index contributed by atoms with van der Waals surface area (Å²) >= 11 is 0. The summed E-state index contributed by atoms with van der Waals surface area (Å²) in [5, 5.41) is 14.3. The molecule has 7 nitrogen and oxygen atoms in total. The minimum absolute atomic E-state index is 0.0338. The monoisotopic (exact) mass is 339 g/mol. The predicted octanol–water partition coefficient (Wildman–Crippen LogP) is 0.624. The average molecular weight is 339 g/mol. The average Bonchev–Trinajstić information content (AvgIpc) is 2.93. The second-order valence-corrected chi connectivity index (χ2v) is 8.29. The highest BCUT2D eigenvalue weighted by atomic mass is 16.4. The Morgan fingerprint density at radius 1 is 1.25 bits per heavy atom. The topological polar surface area (TPSA) is 122 Å². The van der Waals surface area contributed by atoms with E-state index >= 15 is 0 Å². The van der Waals surface area contributed by atoms with E-state index in [1.54, 1.807) is 6.92 Å². The van der Waals surface area contributed by atoms with E-state index in [0.29, 0.717) is 5.92 Å². The second-order valence-electron chi connectivity index (χ2n) is 8.29. The Hall–Kier alpha value is -1.63. The van der Waals surface area contributed by atoms with Crippen molar-refractivity contribution in [2.75, 3.05) is 0 Å². The fourth-order valence-electron chi connectivity index (χ4n) is 4.60. The van der Waals surface area contributed by atoms with Gasteiger partial charge in [-0.3, -0.25) is 14.4 Å². The summed E-state index contributed by atoms with van der Waals surface area (Å²) < 4.78 is 0. The maximum absolute atomic E-state index is 12.5. The van der Waals surface area contributed by atoms with Gasteiger partial charge in [0, 0.05) is 6.04 Å². The van der Waals surface area contributed by atoms with Crippen molar-refractivity contribution < 1.29 is 19.5 Å². The van der Waals surface area contributed by atoms with Crippen molar-refractivity contribution in [3.05, 3.63) is 0 Å². The molecule has 0 saturated heterocycles. The molecule has 2 fully saturated rings. The molecule has 2 aliphatic carbocycles. The number of carbonyl (C=O) groups is 3. The Morgan fingerprint density at radius 3 is 2.38 bits per heavy atom. The van der Waals surface area contributed by atoms with Crippen molar-refractivity contribution in [1.82, 2.24) is 10.6 Å². The summed E-state index contributed by atoms with van der Waals surface area (Å²) in [6, 6.07) is -1.84. The zero-order valence-electron chi connectivity index (χ0n) is 14.9. The van der Waals surface area contributed by atoms with Crippen LogP contribution < -0.4 is 16.4 Å². The van der Waals surface area contributed by atoms with Crippen molar-refractivity contribution in [1.29, 1.82) is 0 Å². The highest BCUT2D eigenvalue weighted by Crippen LogP contribution is 2.62. The Bertz CT molecular complexity index is 543. The lowest BCUT2D eigenvalue weighted by molar-refractivity contribution is -0.139. The minimum Gasteiger partial charge on any atom is -0.481 e. The fraction of sp³-hybridized carbons (Fsp3) is 0.824. The number of hydrogen-bond donors (Lipinski definition) is 4. The van der Waals surface area contributed by atoms with Crippen LogP contribution in [0.4, 0.5) is 0 Å². The maximum Gasteiger partial charge on any atom is 0.305 e. The molecule has 24 heavy (non-hydrogen) atoms. The van der Waals surface area contributed by atoms with E-state index in [4.69, 9.17) is 10.8 Å². The number of nitrogens with two attached hydrogens (primary N) is 1. The third-order valence-corrected chi connectivity index (χ3v) is 6.04. The van der Waals surface area contributed by atoms with Gasteiger partial charge in [-0.1, -0.05) is 20.8 Å². The molecule has 0 heterocycles. The van der Waals surface area contributed by atoms with E-state index < -0.39 is 30.4 Å². The molecular formula is C17H29N3O4. The number of amides is 2. The molecule has 5 N–H and O–H groups in total. The predicted molar refractivity (Wildman–Crippen MR) is 89.0 cm³/mol. The standard InChI is InChI=1S/C17H29N3O4/c1-9(19-14(24)11(18)7-12(21)22)13(23)20-15-16(2,3)10-5-6-17(15,4)8-10/h9-11,15H,5-8,18H2,1-4H3,(H,19,24)(H,20,23)(H,21,22)/t9-,10?,11-,15?,17?/m0/s1. The van der Waals surface area contributed by atoms with Crippen molar-refractivity contribution in [2.45, 2.75) is 71.5 Å². The SMILES string of the molecule is C[C@H](NC(=O)[C@@H](N)CC(=O)O)C(=O)NC1C2(C)CCC(C2)C1(C)C. The molecule has 0 aromatic carbocycles. The van der Waals surface area contributed by atoms with Gasteiger partial charge in [0.15, 0.2) is 0 Å². The third kappa shape index (κ3) is 3.41. The molecule has 0 aromatic heterocycles. The van der Waals surface area contributed by atoms with E-state index in [9.17, 15) is 14.4 Å². The first-order valence-corrected chi connectivity index (χ1v) is 8.55. The lowest BCUT2D eigenvalue weighted by Gasteiger charge is -2.43. The summed E-state index contributed by atoms with van der Waals surface area (Å²) in [6.45, 7) is 8.19. The molecule has 0 aromatic rings. The molecule has 2 amide bonds. The Labute approximate surface area is 142 Å². The van der Waals surface area contributed by atoms with Gasteiger partial charge in [0.25, 0.3) is 0 Å². The smallest absolute Gasteiger partial charge is 0.305 e. The fourth-order valence-corrected chi connectivity index (χ4v) is 4.60. The zero-order chi connectivity index (χ0) is 18.3. The number of aliphatic carboxylic acids is 1. The van der Waals surface area contributed by atoms with Gasteiger partial charge in [-0.2, -0.15) is 0 Å². The van der Waals surface area contributed by atoms with Crippen LogP contribution in [0.15, 0.2) is 0 Å². The Kier molecular flexibility index (Phi) is 4.95. The third-order valence-electron chi connectivity index (χ3n) is 6.04. The molecular weight excluding hydrogens is 310 g/mol. The van der Waals surface area contributed by atoms with Crippen molar-refractivity contribution in [3.8, 4) is 0 Å². The quantitative estimate of drug-likeness (QED) is 0.565. The van der Waals surface area contributed by atoms with Crippen molar-refractivity contribution in [2.24, 2.45) is 22.5 Å². The number of fused-ring (bicyclic) bond motifs is 2. The van der Waals surface area contributed by atoms with Crippen LogP contribution in [0.3, 0.4) is 0 Å². The van der Waals surface area contributed by atoms with Crippen LogP contribution in [0.25, 0.3) is 0 Å². The number of carboxylic acid groups (broad SMARTS) is 1. The van der Waals surface area contributed by atoms with Gasteiger partial charge < -0.3 is 21.5 Å². The van der Waals surface area contributed by atoms with Crippen LogP contribution in [-0.2, 0) is 14.4 Å². The van der Waals surface area contributed by atoms with Crippen LogP contribution in [-0.4, -0.2) is 41.0 Å². The minimum atomic E-state index is -1.16. The molecule has 5 atom stereocenters. The van der Waals surface area contributed by atoms with Gasteiger partial charge >= 0.3 is 5.97 Å². The molecule has 0 radical (unpaired) electrons. The van der Waals surface area contributed by atoms with Gasteiger partial charge in [-0.15, -0.1) is 0 Å². The number of nitrogens with one attached hydrogen (secondary N) is 2. The molecule has 2 aliphatic rings.